The monoisotopic (exact) mass is 216 g/mol. The number of hydrogen-bond acceptors (Lipinski definition) is 2. The van der Waals surface area contributed by atoms with Crippen molar-refractivity contribution in [2.75, 3.05) is 6.61 Å². The average molecular weight is 216 g/mol. The highest BCUT2D eigenvalue weighted by Gasteiger charge is 2.16. The van der Waals surface area contributed by atoms with Gasteiger partial charge in [0.05, 0.1) is 5.56 Å². The Balaban J connectivity index is 3.05. The number of aliphatic hydroxyl groups is 1. The number of halogens is 2. The van der Waals surface area contributed by atoms with Crippen LogP contribution in [0.15, 0.2) is 12.1 Å². The summed E-state index contributed by atoms with van der Waals surface area (Å²) >= 11 is 0. The molecule has 4 heteroatoms. The molecule has 0 spiro atoms. The first-order valence-electron chi connectivity index (χ1n) is 4.77. The van der Waals surface area contributed by atoms with Gasteiger partial charge < -0.3 is 10.2 Å². The van der Waals surface area contributed by atoms with Crippen LogP contribution in [0.2, 0.25) is 0 Å². The van der Waals surface area contributed by atoms with E-state index >= 15 is 0 Å². The molecule has 0 bridgehead atoms. The number of aryl methyl sites for hydroxylation is 2. The summed E-state index contributed by atoms with van der Waals surface area (Å²) in [6, 6.07) is 2.94. The van der Waals surface area contributed by atoms with E-state index in [0.29, 0.717) is 24.0 Å². The molecule has 2 N–H and O–H groups in total. The van der Waals surface area contributed by atoms with E-state index in [0.717, 1.165) is 0 Å². The van der Waals surface area contributed by atoms with Crippen molar-refractivity contribution in [3.05, 3.63) is 28.8 Å². The zero-order valence-electron chi connectivity index (χ0n) is 8.50. The maximum absolute atomic E-state index is 12.5. The van der Waals surface area contributed by atoms with Crippen LogP contribution in [0.1, 0.15) is 29.5 Å². The van der Waals surface area contributed by atoms with Gasteiger partial charge >= 0.3 is 0 Å². The third-order valence-corrected chi connectivity index (χ3v) is 2.20. The Hall–Kier alpha value is -1.16. The number of hydrogen-bond donors (Lipinski definition) is 2. The number of aromatic hydroxyl groups is 1. The van der Waals surface area contributed by atoms with Crippen molar-refractivity contribution in [1.29, 1.82) is 0 Å². The maximum atomic E-state index is 12.5. The van der Waals surface area contributed by atoms with Crippen LogP contribution in [0.25, 0.3) is 0 Å². The standard InChI is InChI=1S/C11H14F2O2/c1-7-5-8(3-2-4-14)10(15)9(6-7)11(12)13/h5-6,11,14-15H,2-4H2,1H3. The zero-order valence-corrected chi connectivity index (χ0v) is 8.50. The molecule has 0 saturated heterocycles. The first-order valence-corrected chi connectivity index (χ1v) is 4.77. The second-order valence-electron chi connectivity index (χ2n) is 3.49. The maximum Gasteiger partial charge on any atom is 0.267 e. The normalized spacial score (nSPS) is 11.0. The summed E-state index contributed by atoms with van der Waals surface area (Å²) in [5.41, 5.74) is 0.832. The summed E-state index contributed by atoms with van der Waals surface area (Å²) < 4.78 is 25.0. The van der Waals surface area contributed by atoms with E-state index in [-0.39, 0.29) is 17.9 Å². The Morgan fingerprint density at radius 1 is 1.33 bits per heavy atom. The van der Waals surface area contributed by atoms with Gasteiger partial charge in [-0.05, 0) is 31.4 Å². The van der Waals surface area contributed by atoms with Crippen molar-refractivity contribution in [3.63, 3.8) is 0 Å². The lowest BCUT2D eigenvalue weighted by atomic mass is 10.0. The van der Waals surface area contributed by atoms with Crippen LogP contribution in [0.3, 0.4) is 0 Å². The molecule has 0 fully saturated rings. The van der Waals surface area contributed by atoms with E-state index in [4.69, 9.17) is 5.11 Å². The molecule has 0 amide bonds. The Labute approximate surface area is 87.2 Å². The van der Waals surface area contributed by atoms with Crippen LogP contribution in [-0.2, 0) is 6.42 Å². The number of phenols is 1. The first kappa shape index (κ1) is 11.9. The van der Waals surface area contributed by atoms with Crippen molar-refractivity contribution in [3.8, 4) is 5.75 Å². The van der Waals surface area contributed by atoms with Gasteiger partial charge in [0.1, 0.15) is 5.75 Å². The molecule has 0 atom stereocenters. The highest BCUT2D eigenvalue weighted by molar-refractivity contribution is 5.44. The minimum absolute atomic E-state index is 0.0165. The molecule has 0 heterocycles. The van der Waals surface area contributed by atoms with Crippen LogP contribution < -0.4 is 0 Å². The first-order chi connectivity index (χ1) is 7.06. The SMILES string of the molecule is Cc1cc(CCCO)c(O)c(C(F)F)c1. The van der Waals surface area contributed by atoms with Crippen LogP contribution >= 0.6 is 0 Å². The number of aliphatic hydroxyl groups excluding tert-OH is 1. The van der Waals surface area contributed by atoms with Crippen molar-refractivity contribution >= 4 is 0 Å². The van der Waals surface area contributed by atoms with Gasteiger partial charge in [-0.3, -0.25) is 0 Å². The number of alkyl halides is 2. The lowest BCUT2D eigenvalue weighted by Crippen LogP contribution is -1.95. The second kappa shape index (κ2) is 5.07. The topological polar surface area (TPSA) is 40.5 Å². The van der Waals surface area contributed by atoms with Crippen molar-refractivity contribution in [2.24, 2.45) is 0 Å². The summed E-state index contributed by atoms with van der Waals surface area (Å²) in [6.45, 7) is 1.69. The smallest absolute Gasteiger partial charge is 0.267 e. The van der Waals surface area contributed by atoms with Crippen molar-refractivity contribution < 1.29 is 19.0 Å². The second-order valence-corrected chi connectivity index (χ2v) is 3.49. The van der Waals surface area contributed by atoms with Crippen LogP contribution in [0.5, 0.6) is 5.75 Å². The molecule has 0 saturated carbocycles. The fourth-order valence-corrected chi connectivity index (χ4v) is 1.51. The summed E-state index contributed by atoms with van der Waals surface area (Å²) in [4.78, 5) is 0. The average Bonchev–Trinajstić information content (AvgIpc) is 2.18. The Morgan fingerprint density at radius 3 is 2.53 bits per heavy atom. The van der Waals surface area contributed by atoms with E-state index in [2.05, 4.69) is 0 Å². The predicted octanol–water partition coefficient (Wildman–Crippen LogP) is 2.56. The van der Waals surface area contributed by atoms with Gasteiger partial charge in [0.15, 0.2) is 0 Å². The third-order valence-electron chi connectivity index (χ3n) is 2.20. The van der Waals surface area contributed by atoms with Crippen LogP contribution in [-0.4, -0.2) is 16.8 Å². The lowest BCUT2D eigenvalue weighted by Gasteiger charge is -2.10. The summed E-state index contributed by atoms with van der Waals surface area (Å²) in [5, 5.41) is 18.2. The Kier molecular flexibility index (Phi) is 4.03. The molecular formula is C11H14F2O2. The number of rotatable bonds is 4. The molecule has 84 valence electrons. The Morgan fingerprint density at radius 2 is 2.00 bits per heavy atom. The number of phenolic OH excluding ortho intramolecular Hbond substituents is 1. The molecule has 0 aromatic heterocycles. The minimum atomic E-state index is -2.67. The largest absolute Gasteiger partial charge is 0.507 e. The van der Waals surface area contributed by atoms with Gasteiger partial charge in [0.2, 0.25) is 0 Å². The van der Waals surface area contributed by atoms with E-state index in [1.54, 1.807) is 13.0 Å². The minimum Gasteiger partial charge on any atom is -0.507 e. The van der Waals surface area contributed by atoms with Crippen molar-refractivity contribution in [1.82, 2.24) is 0 Å². The summed E-state index contributed by atoms with van der Waals surface area (Å²) in [7, 11) is 0. The van der Waals surface area contributed by atoms with Gasteiger partial charge in [0, 0.05) is 6.61 Å². The molecule has 0 aliphatic heterocycles. The van der Waals surface area contributed by atoms with Gasteiger partial charge in [0.25, 0.3) is 6.43 Å². The Bertz CT molecular complexity index is 338. The van der Waals surface area contributed by atoms with Crippen molar-refractivity contribution in [2.45, 2.75) is 26.2 Å². The fourth-order valence-electron chi connectivity index (χ4n) is 1.51. The predicted molar refractivity (Wildman–Crippen MR) is 53.2 cm³/mol. The fraction of sp³-hybridized carbons (Fsp3) is 0.455. The van der Waals surface area contributed by atoms with E-state index in [9.17, 15) is 13.9 Å². The third kappa shape index (κ3) is 2.89. The number of benzene rings is 1. The van der Waals surface area contributed by atoms with Gasteiger partial charge in [-0.2, -0.15) is 0 Å². The molecule has 0 aliphatic carbocycles. The molecule has 0 radical (unpaired) electrons. The molecule has 2 nitrogen and oxygen atoms in total. The quantitative estimate of drug-likeness (QED) is 0.812. The highest BCUT2D eigenvalue weighted by Crippen LogP contribution is 2.32. The zero-order chi connectivity index (χ0) is 11.4. The summed E-state index contributed by atoms with van der Waals surface area (Å²) in [6.07, 6.45) is -1.80. The molecule has 1 aromatic rings. The highest BCUT2D eigenvalue weighted by atomic mass is 19.3. The van der Waals surface area contributed by atoms with Gasteiger partial charge in [-0.1, -0.05) is 11.6 Å². The van der Waals surface area contributed by atoms with Crippen LogP contribution in [0, 0.1) is 6.92 Å². The van der Waals surface area contributed by atoms with E-state index in [1.807, 2.05) is 0 Å². The molecular weight excluding hydrogens is 202 g/mol. The van der Waals surface area contributed by atoms with Crippen LogP contribution in [0.4, 0.5) is 8.78 Å². The van der Waals surface area contributed by atoms with Gasteiger partial charge in [-0.25, -0.2) is 8.78 Å². The molecule has 0 unspecified atom stereocenters. The van der Waals surface area contributed by atoms with Gasteiger partial charge in [-0.15, -0.1) is 0 Å². The molecule has 0 aliphatic rings. The molecule has 15 heavy (non-hydrogen) atoms. The van der Waals surface area contributed by atoms with E-state index < -0.39 is 6.43 Å². The molecule has 1 aromatic carbocycles. The lowest BCUT2D eigenvalue weighted by molar-refractivity contribution is 0.147. The molecule has 1 rings (SSSR count). The summed E-state index contributed by atoms with van der Waals surface area (Å²) in [5.74, 6) is -0.343. The van der Waals surface area contributed by atoms with E-state index in [1.165, 1.54) is 6.07 Å².